The van der Waals surface area contributed by atoms with Gasteiger partial charge in [0, 0.05) is 0 Å². The van der Waals surface area contributed by atoms with Gasteiger partial charge in [-0.25, -0.2) is 0 Å². The highest BCUT2D eigenvalue weighted by Crippen LogP contribution is 2.19. The molecule has 2 nitrogen and oxygen atoms in total. The summed E-state index contributed by atoms with van der Waals surface area (Å²) in [5, 5.41) is 9.51. The molecule has 0 aliphatic carbocycles. The van der Waals surface area contributed by atoms with Crippen LogP contribution < -0.4 is 4.74 Å². The Labute approximate surface area is 108 Å². The molecule has 0 aliphatic rings. The zero-order chi connectivity index (χ0) is 13.0. The molecule has 0 saturated heterocycles. The van der Waals surface area contributed by atoms with Gasteiger partial charge in [0.05, 0.1) is 6.10 Å². The van der Waals surface area contributed by atoms with Gasteiger partial charge in [0.1, 0.15) is 12.4 Å². The van der Waals surface area contributed by atoms with Gasteiger partial charge in [-0.1, -0.05) is 42.0 Å². The van der Waals surface area contributed by atoms with Gasteiger partial charge < -0.3 is 9.84 Å². The average molecular weight is 242 g/mol. The van der Waals surface area contributed by atoms with Gasteiger partial charge in [0.2, 0.25) is 0 Å². The van der Waals surface area contributed by atoms with E-state index < -0.39 is 6.10 Å². The molecular weight excluding hydrogens is 224 g/mol. The third-order valence-electron chi connectivity index (χ3n) is 2.83. The average Bonchev–Trinajstić information content (AvgIpc) is 2.37. The van der Waals surface area contributed by atoms with Gasteiger partial charge in [-0.15, -0.1) is 0 Å². The minimum absolute atomic E-state index is 0.465. The van der Waals surface area contributed by atoms with E-state index in [4.69, 9.17) is 4.74 Å². The standard InChI is InChI=1S/C16H18O2/c1-12-5-3-6-14(9-12)11-18-16-8-4-7-15(10-16)13(2)17/h3-10,13,17H,11H2,1-2H3/t13-/m1/s1. The first-order valence-corrected chi connectivity index (χ1v) is 6.11. The van der Waals surface area contributed by atoms with Gasteiger partial charge in [0.25, 0.3) is 0 Å². The van der Waals surface area contributed by atoms with E-state index in [1.807, 2.05) is 36.4 Å². The van der Waals surface area contributed by atoms with Crippen LogP contribution in [0.3, 0.4) is 0 Å². The van der Waals surface area contributed by atoms with Crippen molar-refractivity contribution in [2.24, 2.45) is 0 Å². The quantitative estimate of drug-likeness (QED) is 0.887. The molecule has 0 unspecified atom stereocenters. The van der Waals surface area contributed by atoms with Crippen LogP contribution in [0.15, 0.2) is 48.5 Å². The van der Waals surface area contributed by atoms with Gasteiger partial charge in [-0.05, 0) is 37.1 Å². The van der Waals surface area contributed by atoms with E-state index in [9.17, 15) is 5.11 Å². The summed E-state index contributed by atoms with van der Waals surface area (Å²) in [7, 11) is 0. The smallest absolute Gasteiger partial charge is 0.120 e. The Morgan fingerprint density at radius 2 is 1.89 bits per heavy atom. The van der Waals surface area contributed by atoms with Crippen LogP contribution in [-0.2, 0) is 6.61 Å². The first-order chi connectivity index (χ1) is 8.65. The zero-order valence-corrected chi connectivity index (χ0v) is 10.8. The second-order valence-corrected chi connectivity index (χ2v) is 4.53. The molecule has 18 heavy (non-hydrogen) atoms. The minimum atomic E-state index is -0.465. The van der Waals surface area contributed by atoms with Gasteiger partial charge in [-0.2, -0.15) is 0 Å². The van der Waals surface area contributed by atoms with Crippen LogP contribution in [0.2, 0.25) is 0 Å². The second-order valence-electron chi connectivity index (χ2n) is 4.53. The van der Waals surface area contributed by atoms with E-state index >= 15 is 0 Å². The monoisotopic (exact) mass is 242 g/mol. The lowest BCUT2D eigenvalue weighted by Gasteiger charge is -2.10. The molecular formula is C16H18O2. The molecule has 2 heteroatoms. The molecule has 0 aliphatic heterocycles. The highest BCUT2D eigenvalue weighted by atomic mass is 16.5. The highest BCUT2D eigenvalue weighted by molar-refractivity contribution is 5.30. The molecule has 0 heterocycles. The fourth-order valence-electron chi connectivity index (χ4n) is 1.83. The van der Waals surface area contributed by atoms with Crippen LogP contribution in [0, 0.1) is 6.92 Å². The molecule has 1 N–H and O–H groups in total. The fraction of sp³-hybridized carbons (Fsp3) is 0.250. The summed E-state index contributed by atoms with van der Waals surface area (Å²) in [6.45, 7) is 4.36. The number of aryl methyl sites for hydroxylation is 1. The molecule has 0 spiro atoms. The first-order valence-electron chi connectivity index (χ1n) is 6.11. The Morgan fingerprint density at radius 3 is 2.61 bits per heavy atom. The topological polar surface area (TPSA) is 29.5 Å². The number of ether oxygens (including phenoxy) is 1. The second kappa shape index (κ2) is 5.69. The maximum Gasteiger partial charge on any atom is 0.120 e. The molecule has 0 bridgehead atoms. The lowest BCUT2D eigenvalue weighted by atomic mass is 10.1. The number of rotatable bonds is 4. The summed E-state index contributed by atoms with van der Waals surface area (Å²) in [5.41, 5.74) is 3.25. The van der Waals surface area contributed by atoms with Gasteiger partial charge >= 0.3 is 0 Å². The van der Waals surface area contributed by atoms with Gasteiger partial charge in [0.15, 0.2) is 0 Å². The van der Waals surface area contributed by atoms with Crippen molar-refractivity contribution in [3.8, 4) is 5.75 Å². The van der Waals surface area contributed by atoms with Crippen molar-refractivity contribution < 1.29 is 9.84 Å². The Hall–Kier alpha value is -1.80. The third kappa shape index (κ3) is 3.34. The maximum atomic E-state index is 9.51. The Kier molecular flexibility index (Phi) is 4.00. The number of aliphatic hydroxyl groups excluding tert-OH is 1. The Balaban J connectivity index is 2.04. The van der Waals surface area contributed by atoms with Crippen LogP contribution in [0.1, 0.15) is 29.7 Å². The van der Waals surface area contributed by atoms with Crippen molar-refractivity contribution in [3.63, 3.8) is 0 Å². The van der Waals surface area contributed by atoms with Crippen molar-refractivity contribution in [3.05, 3.63) is 65.2 Å². The molecule has 0 aromatic heterocycles. The summed E-state index contributed by atoms with van der Waals surface area (Å²) in [6.07, 6.45) is -0.465. The molecule has 0 saturated carbocycles. The molecule has 94 valence electrons. The lowest BCUT2D eigenvalue weighted by molar-refractivity contribution is 0.198. The molecule has 2 aromatic rings. The van der Waals surface area contributed by atoms with Crippen LogP contribution in [0.5, 0.6) is 5.75 Å². The van der Waals surface area contributed by atoms with Crippen LogP contribution in [-0.4, -0.2) is 5.11 Å². The van der Waals surface area contributed by atoms with Crippen molar-refractivity contribution in [2.75, 3.05) is 0 Å². The number of hydrogen-bond donors (Lipinski definition) is 1. The van der Waals surface area contributed by atoms with Crippen LogP contribution >= 0.6 is 0 Å². The molecule has 0 fully saturated rings. The molecule has 2 rings (SSSR count). The van der Waals surface area contributed by atoms with E-state index in [2.05, 4.69) is 19.1 Å². The van der Waals surface area contributed by atoms with Crippen molar-refractivity contribution in [1.82, 2.24) is 0 Å². The van der Waals surface area contributed by atoms with E-state index in [0.29, 0.717) is 6.61 Å². The van der Waals surface area contributed by atoms with Crippen molar-refractivity contribution in [1.29, 1.82) is 0 Å². The summed E-state index contributed by atoms with van der Waals surface area (Å²) in [5.74, 6) is 0.787. The van der Waals surface area contributed by atoms with E-state index in [1.54, 1.807) is 6.92 Å². The third-order valence-corrected chi connectivity index (χ3v) is 2.83. The predicted molar refractivity (Wildman–Crippen MR) is 72.6 cm³/mol. The number of hydrogen-bond acceptors (Lipinski definition) is 2. The first kappa shape index (κ1) is 12.7. The summed E-state index contributed by atoms with van der Waals surface area (Å²) >= 11 is 0. The van der Waals surface area contributed by atoms with Crippen LogP contribution in [0.25, 0.3) is 0 Å². The maximum absolute atomic E-state index is 9.51. The Bertz CT molecular complexity index is 518. The van der Waals surface area contributed by atoms with Crippen LogP contribution in [0.4, 0.5) is 0 Å². The van der Waals surface area contributed by atoms with E-state index in [-0.39, 0.29) is 0 Å². The lowest BCUT2D eigenvalue weighted by Crippen LogP contribution is -1.97. The summed E-state index contributed by atoms with van der Waals surface area (Å²) < 4.78 is 5.73. The summed E-state index contributed by atoms with van der Waals surface area (Å²) in [4.78, 5) is 0. The number of benzene rings is 2. The van der Waals surface area contributed by atoms with E-state index in [0.717, 1.165) is 16.9 Å². The fourth-order valence-corrected chi connectivity index (χ4v) is 1.83. The van der Waals surface area contributed by atoms with Crippen molar-refractivity contribution in [2.45, 2.75) is 26.6 Å². The highest BCUT2D eigenvalue weighted by Gasteiger charge is 2.02. The minimum Gasteiger partial charge on any atom is -0.489 e. The normalized spacial score (nSPS) is 12.2. The van der Waals surface area contributed by atoms with E-state index in [1.165, 1.54) is 5.56 Å². The largest absolute Gasteiger partial charge is 0.489 e. The zero-order valence-electron chi connectivity index (χ0n) is 10.8. The predicted octanol–water partition coefficient (Wildman–Crippen LogP) is 3.63. The summed E-state index contributed by atoms with van der Waals surface area (Å²) in [6, 6.07) is 15.8. The molecule has 1 atom stereocenters. The molecule has 2 aromatic carbocycles. The SMILES string of the molecule is Cc1cccc(COc2cccc([C@@H](C)O)c2)c1. The number of aliphatic hydroxyl groups is 1. The molecule has 0 amide bonds. The molecule has 0 radical (unpaired) electrons. The Morgan fingerprint density at radius 1 is 1.11 bits per heavy atom. The van der Waals surface area contributed by atoms with Gasteiger partial charge in [-0.3, -0.25) is 0 Å². The van der Waals surface area contributed by atoms with Crippen molar-refractivity contribution >= 4 is 0 Å².